The van der Waals surface area contributed by atoms with Crippen molar-refractivity contribution >= 4 is 15.7 Å². The van der Waals surface area contributed by atoms with Crippen LogP contribution in [0.15, 0.2) is 52.3 Å². The number of anilines is 1. The summed E-state index contributed by atoms with van der Waals surface area (Å²) in [4.78, 5) is 13.6. The first-order valence-electron chi connectivity index (χ1n) is 6.38. The van der Waals surface area contributed by atoms with Crippen LogP contribution in [0.2, 0.25) is 0 Å². The molecule has 104 valence electrons. The van der Waals surface area contributed by atoms with Crippen molar-refractivity contribution in [1.29, 1.82) is 0 Å². The molecule has 1 aliphatic rings. The molecule has 1 N–H and O–H groups in total. The predicted molar refractivity (Wildman–Crippen MR) is 76.4 cm³/mol. The average molecular weight is 290 g/mol. The molecule has 5 nitrogen and oxygen atoms in total. The van der Waals surface area contributed by atoms with Crippen LogP contribution in [0.1, 0.15) is 12.0 Å². The van der Waals surface area contributed by atoms with Gasteiger partial charge in [-0.05, 0) is 30.5 Å². The second kappa shape index (κ2) is 4.79. The number of aromatic nitrogens is 1. The van der Waals surface area contributed by atoms with Gasteiger partial charge in [-0.3, -0.25) is 9.10 Å². The summed E-state index contributed by atoms with van der Waals surface area (Å²) in [6.07, 6.45) is 2.92. The van der Waals surface area contributed by atoms with Crippen LogP contribution in [0, 0.1) is 0 Å². The minimum atomic E-state index is -3.63. The van der Waals surface area contributed by atoms with Crippen LogP contribution in [-0.4, -0.2) is 19.9 Å². The minimum absolute atomic E-state index is 0.105. The molecule has 2 heterocycles. The molecule has 0 amide bonds. The Labute approximate surface area is 116 Å². The topological polar surface area (TPSA) is 70.2 Å². The summed E-state index contributed by atoms with van der Waals surface area (Å²) in [6.45, 7) is 0.457. The molecule has 0 atom stereocenters. The SMILES string of the molecule is O=c1ccc(S(=O)(=O)N2CCCc3ccccc32)c[nH]1. The molecule has 0 bridgehead atoms. The van der Waals surface area contributed by atoms with Crippen molar-refractivity contribution < 1.29 is 8.42 Å². The van der Waals surface area contributed by atoms with Crippen LogP contribution in [0.5, 0.6) is 0 Å². The zero-order valence-corrected chi connectivity index (χ0v) is 11.6. The van der Waals surface area contributed by atoms with E-state index < -0.39 is 10.0 Å². The third-order valence-corrected chi connectivity index (χ3v) is 5.22. The predicted octanol–water partition coefficient (Wildman–Crippen LogP) is 1.52. The number of nitrogens with zero attached hydrogens (tertiary/aromatic N) is 1. The number of fused-ring (bicyclic) bond motifs is 1. The molecule has 1 aliphatic heterocycles. The van der Waals surface area contributed by atoms with E-state index in [0.717, 1.165) is 24.1 Å². The number of H-pyrrole nitrogens is 1. The first kappa shape index (κ1) is 12.9. The standard InChI is InChI=1S/C14H14N2O3S/c17-14-8-7-12(10-15-14)20(18,19)16-9-3-5-11-4-1-2-6-13(11)16/h1-2,4,6-8,10H,3,5,9H2,(H,15,17). The lowest BCUT2D eigenvalue weighted by atomic mass is 10.0. The van der Waals surface area contributed by atoms with Crippen molar-refractivity contribution in [2.75, 3.05) is 10.8 Å². The zero-order chi connectivity index (χ0) is 14.2. The lowest BCUT2D eigenvalue weighted by Crippen LogP contribution is -2.35. The van der Waals surface area contributed by atoms with Gasteiger partial charge in [0.25, 0.3) is 10.0 Å². The van der Waals surface area contributed by atoms with E-state index in [9.17, 15) is 13.2 Å². The van der Waals surface area contributed by atoms with Crippen LogP contribution in [0.25, 0.3) is 0 Å². The maximum Gasteiger partial charge on any atom is 0.265 e. The minimum Gasteiger partial charge on any atom is -0.328 e. The monoisotopic (exact) mass is 290 g/mol. The number of nitrogens with one attached hydrogen (secondary N) is 1. The van der Waals surface area contributed by atoms with Gasteiger partial charge in [0, 0.05) is 18.8 Å². The Balaban J connectivity index is 2.09. The van der Waals surface area contributed by atoms with Gasteiger partial charge >= 0.3 is 0 Å². The number of para-hydroxylation sites is 1. The number of benzene rings is 1. The molecular weight excluding hydrogens is 276 g/mol. The van der Waals surface area contributed by atoms with Crippen LogP contribution in [0.3, 0.4) is 0 Å². The fraction of sp³-hybridized carbons (Fsp3) is 0.214. The lowest BCUT2D eigenvalue weighted by Gasteiger charge is -2.30. The Morgan fingerprint density at radius 3 is 2.65 bits per heavy atom. The summed E-state index contributed by atoms with van der Waals surface area (Å²) >= 11 is 0. The molecule has 0 unspecified atom stereocenters. The summed E-state index contributed by atoms with van der Waals surface area (Å²) in [7, 11) is -3.63. The van der Waals surface area contributed by atoms with Gasteiger partial charge in [-0.1, -0.05) is 18.2 Å². The van der Waals surface area contributed by atoms with Gasteiger partial charge in [0.15, 0.2) is 0 Å². The van der Waals surface area contributed by atoms with Crippen molar-refractivity contribution in [3.63, 3.8) is 0 Å². The molecule has 0 fully saturated rings. The molecule has 0 aliphatic carbocycles. The summed E-state index contributed by atoms with van der Waals surface area (Å²) < 4.78 is 26.7. The Hall–Kier alpha value is -2.08. The molecule has 20 heavy (non-hydrogen) atoms. The number of pyridine rings is 1. The highest BCUT2D eigenvalue weighted by molar-refractivity contribution is 7.92. The van der Waals surface area contributed by atoms with Crippen LogP contribution >= 0.6 is 0 Å². The van der Waals surface area contributed by atoms with Crippen LogP contribution in [-0.2, 0) is 16.4 Å². The third-order valence-electron chi connectivity index (χ3n) is 3.41. The van der Waals surface area contributed by atoms with E-state index in [0.29, 0.717) is 6.54 Å². The summed E-state index contributed by atoms with van der Waals surface area (Å²) in [5.74, 6) is 0. The first-order chi connectivity index (χ1) is 9.59. The number of hydrogen-bond donors (Lipinski definition) is 1. The fourth-order valence-corrected chi connectivity index (χ4v) is 3.94. The molecule has 3 rings (SSSR count). The summed E-state index contributed by atoms with van der Waals surface area (Å²) in [5, 5.41) is 0. The van der Waals surface area contributed by atoms with E-state index in [4.69, 9.17) is 0 Å². The molecule has 0 radical (unpaired) electrons. The van der Waals surface area contributed by atoms with Gasteiger partial charge in [-0.25, -0.2) is 8.42 Å². The quantitative estimate of drug-likeness (QED) is 0.911. The molecule has 6 heteroatoms. The molecule has 1 aromatic heterocycles. The Morgan fingerprint density at radius 1 is 1.10 bits per heavy atom. The number of rotatable bonds is 2. The number of aromatic amines is 1. The first-order valence-corrected chi connectivity index (χ1v) is 7.82. The lowest BCUT2D eigenvalue weighted by molar-refractivity contribution is 0.586. The molecule has 0 saturated carbocycles. The van der Waals surface area contributed by atoms with Crippen molar-refractivity contribution in [1.82, 2.24) is 4.98 Å². The second-order valence-electron chi connectivity index (χ2n) is 4.70. The smallest absolute Gasteiger partial charge is 0.265 e. The Kier molecular flexibility index (Phi) is 3.10. The fourth-order valence-electron chi connectivity index (χ4n) is 2.43. The van der Waals surface area contributed by atoms with Gasteiger partial charge in [-0.15, -0.1) is 0 Å². The van der Waals surface area contributed by atoms with E-state index in [2.05, 4.69) is 4.98 Å². The Morgan fingerprint density at radius 2 is 1.90 bits per heavy atom. The maximum atomic E-state index is 12.7. The van der Waals surface area contributed by atoms with Crippen LogP contribution < -0.4 is 9.86 Å². The maximum absolute atomic E-state index is 12.7. The van der Waals surface area contributed by atoms with Crippen LogP contribution in [0.4, 0.5) is 5.69 Å². The normalized spacial score (nSPS) is 14.9. The van der Waals surface area contributed by atoms with E-state index in [1.165, 1.54) is 22.6 Å². The summed E-state index contributed by atoms with van der Waals surface area (Å²) in [6, 6.07) is 10.1. The highest BCUT2D eigenvalue weighted by Gasteiger charge is 2.28. The third kappa shape index (κ3) is 2.12. The van der Waals surface area contributed by atoms with E-state index in [1.54, 1.807) is 0 Å². The summed E-state index contributed by atoms with van der Waals surface area (Å²) in [5.41, 5.74) is 1.44. The highest BCUT2D eigenvalue weighted by atomic mass is 32.2. The molecule has 0 spiro atoms. The van der Waals surface area contributed by atoms with Crippen molar-refractivity contribution in [3.05, 3.63) is 58.5 Å². The van der Waals surface area contributed by atoms with Crippen molar-refractivity contribution in [2.45, 2.75) is 17.7 Å². The second-order valence-corrected chi connectivity index (χ2v) is 6.56. The van der Waals surface area contributed by atoms with Gasteiger partial charge in [0.05, 0.1) is 5.69 Å². The average Bonchev–Trinajstić information content (AvgIpc) is 2.47. The van der Waals surface area contributed by atoms with Crippen molar-refractivity contribution in [2.24, 2.45) is 0 Å². The van der Waals surface area contributed by atoms with E-state index in [1.807, 2.05) is 24.3 Å². The van der Waals surface area contributed by atoms with Crippen molar-refractivity contribution in [3.8, 4) is 0 Å². The molecule has 1 aromatic carbocycles. The number of aryl methyl sites for hydroxylation is 1. The Bertz CT molecular complexity index is 776. The van der Waals surface area contributed by atoms with Gasteiger partial charge in [0.2, 0.25) is 5.56 Å². The molecular formula is C14H14N2O3S. The van der Waals surface area contributed by atoms with Gasteiger partial charge < -0.3 is 4.98 Å². The number of sulfonamides is 1. The zero-order valence-electron chi connectivity index (χ0n) is 10.7. The molecule has 2 aromatic rings. The van der Waals surface area contributed by atoms with E-state index >= 15 is 0 Å². The molecule has 0 saturated heterocycles. The number of hydrogen-bond acceptors (Lipinski definition) is 3. The van der Waals surface area contributed by atoms with E-state index in [-0.39, 0.29) is 10.5 Å². The largest absolute Gasteiger partial charge is 0.328 e. The van der Waals surface area contributed by atoms with Gasteiger partial charge in [0.1, 0.15) is 4.90 Å². The highest BCUT2D eigenvalue weighted by Crippen LogP contribution is 2.31. The van der Waals surface area contributed by atoms with Gasteiger partial charge in [-0.2, -0.15) is 0 Å².